The van der Waals surface area contributed by atoms with Gasteiger partial charge in [0.05, 0.1) is 17.1 Å². The second-order valence-electron chi connectivity index (χ2n) is 6.22. The molecule has 0 bridgehead atoms. The van der Waals surface area contributed by atoms with Crippen molar-refractivity contribution in [2.24, 2.45) is 0 Å². The van der Waals surface area contributed by atoms with Gasteiger partial charge < -0.3 is 10.2 Å². The van der Waals surface area contributed by atoms with Crippen LogP contribution in [0, 0.1) is 0 Å². The molecule has 1 N–H and O–H groups in total. The number of carbonyl (C=O) groups is 1. The van der Waals surface area contributed by atoms with E-state index in [4.69, 9.17) is 0 Å². The number of amides is 1. The number of rotatable bonds is 5. The van der Waals surface area contributed by atoms with Gasteiger partial charge in [-0.25, -0.2) is 0 Å². The predicted octanol–water partition coefficient (Wildman–Crippen LogP) is 3.91. The molecule has 2 aromatic heterocycles. The van der Waals surface area contributed by atoms with Crippen molar-refractivity contribution in [3.05, 3.63) is 52.0 Å². The molecule has 25 heavy (non-hydrogen) atoms. The Balaban J connectivity index is 0.00000225. The molecule has 0 radical (unpaired) electrons. The second-order valence-corrected chi connectivity index (χ2v) is 7.13. The molecule has 1 fully saturated rings. The summed E-state index contributed by atoms with van der Waals surface area (Å²) < 4.78 is 0. The van der Waals surface area contributed by atoms with Crippen molar-refractivity contribution in [3.63, 3.8) is 0 Å². The minimum absolute atomic E-state index is 0. The monoisotopic (exact) mass is 379 g/mol. The van der Waals surface area contributed by atoms with Gasteiger partial charge in [-0.15, -0.1) is 23.7 Å². The van der Waals surface area contributed by atoms with Gasteiger partial charge in [0.1, 0.15) is 0 Å². The Bertz CT molecular complexity index is 654. The summed E-state index contributed by atoms with van der Waals surface area (Å²) >= 11 is 1.56. The lowest BCUT2D eigenvalue weighted by Crippen LogP contribution is -2.40. The van der Waals surface area contributed by atoms with E-state index in [9.17, 15) is 4.79 Å². The van der Waals surface area contributed by atoms with E-state index in [1.54, 1.807) is 17.5 Å². The van der Waals surface area contributed by atoms with Crippen molar-refractivity contribution in [1.29, 1.82) is 0 Å². The Hall–Kier alpha value is -1.43. The van der Waals surface area contributed by atoms with E-state index in [0.29, 0.717) is 6.54 Å². The molecule has 136 valence electrons. The van der Waals surface area contributed by atoms with Crippen LogP contribution in [0.25, 0.3) is 0 Å². The molecule has 0 spiro atoms. The van der Waals surface area contributed by atoms with Crippen LogP contribution >= 0.6 is 23.7 Å². The molecule has 2 aromatic rings. The Labute approximate surface area is 160 Å². The van der Waals surface area contributed by atoms with E-state index >= 15 is 0 Å². The van der Waals surface area contributed by atoms with Gasteiger partial charge in [0.25, 0.3) is 5.91 Å². The number of nitrogens with one attached hydrogen (secondary N) is 1. The first-order chi connectivity index (χ1) is 11.8. The maximum absolute atomic E-state index is 13.3. The Morgan fingerprint density at radius 1 is 1.32 bits per heavy atom. The standard InChI is InChI=1S/C19H25N3OS.ClH/c1-2-15-9-13-24-18(15)19(23)22(14-16-6-3-4-11-21-16)17-7-5-10-20-12-8-17;/h3-4,6,9,11,13,17,20H,2,5,7-8,10,12,14H2,1H3;1H. The second kappa shape index (κ2) is 9.90. The first-order valence-corrected chi connectivity index (χ1v) is 9.65. The number of nitrogens with zero attached hydrogens (tertiary/aromatic N) is 2. The molecule has 1 aliphatic heterocycles. The summed E-state index contributed by atoms with van der Waals surface area (Å²) in [5.74, 6) is 0.166. The number of pyridine rings is 1. The third-order valence-corrected chi connectivity index (χ3v) is 5.57. The third kappa shape index (κ3) is 5.03. The number of aromatic nitrogens is 1. The Morgan fingerprint density at radius 3 is 2.96 bits per heavy atom. The smallest absolute Gasteiger partial charge is 0.264 e. The molecule has 1 unspecified atom stereocenters. The van der Waals surface area contributed by atoms with Gasteiger partial charge in [0.2, 0.25) is 0 Å². The molecular formula is C19H26ClN3OS. The highest BCUT2D eigenvalue weighted by atomic mass is 35.5. The van der Waals surface area contributed by atoms with Crippen molar-refractivity contribution in [2.75, 3.05) is 13.1 Å². The van der Waals surface area contributed by atoms with Gasteiger partial charge in [-0.3, -0.25) is 9.78 Å². The minimum atomic E-state index is 0. The van der Waals surface area contributed by atoms with Crippen molar-refractivity contribution < 1.29 is 4.79 Å². The summed E-state index contributed by atoms with van der Waals surface area (Å²) in [5, 5.41) is 5.47. The van der Waals surface area contributed by atoms with Crippen LogP contribution in [0.2, 0.25) is 0 Å². The zero-order chi connectivity index (χ0) is 16.8. The number of thiophene rings is 1. The molecule has 0 saturated carbocycles. The SMILES string of the molecule is CCc1ccsc1C(=O)N(Cc1ccccn1)C1CCCNCC1.Cl. The zero-order valence-electron chi connectivity index (χ0n) is 14.6. The summed E-state index contributed by atoms with van der Waals surface area (Å²) in [5.41, 5.74) is 2.11. The van der Waals surface area contributed by atoms with Gasteiger partial charge in [-0.1, -0.05) is 13.0 Å². The van der Waals surface area contributed by atoms with E-state index in [1.807, 2.05) is 23.6 Å². The first-order valence-electron chi connectivity index (χ1n) is 8.77. The summed E-state index contributed by atoms with van der Waals surface area (Å²) in [6, 6.07) is 8.26. The van der Waals surface area contributed by atoms with Crippen LogP contribution in [-0.4, -0.2) is 34.9 Å². The Kier molecular flexibility index (Phi) is 7.88. The highest BCUT2D eigenvalue weighted by Crippen LogP contribution is 2.24. The molecule has 1 aliphatic rings. The van der Waals surface area contributed by atoms with Gasteiger partial charge in [-0.2, -0.15) is 0 Å². The summed E-state index contributed by atoms with van der Waals surface area (Å²) in [4.78, 5) is 20.7. The summed E-state index contributed by atoms with van der Waals surface area (Å²) in [6.07, 6.45) is 5.87. The molecule has 1 atom stereocenters. The Morgan fingerprint density at radius 2 is 2.20 bits per heavy atom. The van der Waals surface area contributed by atoms with E-state index in [1.165, 1.54) is 0 Å². The lowest BCUT2D eigenvalue weighted by Gasteiger charge is -2.31. The van der Waals surface area contributed by atoms with Gasteiger partial charge >= 0.3 is 0 Å². The molecule has 6 heteroatoms. The molecule has 4 nitrogen and oxygen atoms in total. The molecule has 1 amide bonds. The fraction of sp³-hybridized carbons (Fsp3) is 0.474. The van der Waals surface area contributed by atoms with E-state index in [-0.39, 0.29) is 24.4 Å². The maximum atomic E-state index is 13.3. The van der Waals surface area contributed by atoms with Crippen LogP contribution in [0.15, 0.2) is 35.8 Å². The highest BCUT2D eigenvalue weighted by Gasteiger charge is 2.27. The van der Waals surface area contributed by atoms with Gasteiger partial charge in [0.15, 0.2) is 0 Å². The van der Waals surface area contributed by atoms with Crippen LogP contribution in [-0.2, 0) is 13.0 Å². The van der Waals surface area contributed by atoms with Crippen LogP contribution in [0.1, 0.15) is 47.1 Å². The number of aryl methyl sites for hydroxylation is 1. The quantitative estimate of drug-likeness (QED) is 0.856. The fourth-order valence-corrected chi connectivity index (χ4v) is 4.23. The minimum Gasteiger partial charge on any atom is -0.329 e. The molecule has 3 heterocycles. The van der Waals surface area contributed by atoms with Crippen LogP contribution in [0.5, 0.6) is 0 Å². The normalized spacial score (nSPS) is 17.4. The number of carbonyl (C=O) groups excluding carboxylic acids is 1. The summed E-state index contributed by atoms with van der Waals surface area (Å²) in [6.45, 7) is 4.71. The van der Waals surface area contributed by atoms with Crippen molar-refractivity contribution in [2.45, 2.75) is 45.2 Å². The van der Waals surface area contributed by atoms with Gasteiger partial charge in [-0.05, 0) is 67.9 Å². The van der Waals surface area contributed by atoms with Crippen LogP contribution < -0.4 is 5.32 Å². The molecule has 3 rings (SSSR count). The average Bonchev–Trinajstić information content (AvgIpc) is 2.94. The van der Waals surface area contributed by atoms with Crippen molar-refractivity contribution in [3.8, 4) is 0 Å². The topological polar surface area (TPSA) is 45.2 Å². The largest absolute Gasteiger partial charge is 0.329 e. The zero-order valence-corrected chi connectivity index (χ0v) is 16.2. The predicted molar refractivity (Wildman–Crippen MR) is 106 cm³/mol. The highest BCUT2D eigenvalue weighted by molar-refractivity contribution is 7.12. The lowest BCUT2D eigenvalue weighted by atomic mass is 10.1. The molecule has 0 aromatic carbocycles. The molecular weight excluding hydrogens is 354 g/mol. The number of hydrogen-bond donors (Lipinski definition) is 1. The van der Waals surface area contributed by atoms with E-state index in [2.05, 4.69) is 28.2 Å². The van der Waals surface area contributed by atoms with E-state index < -0.39 is 0 Å². The average molecular weight is 380 g/mol. The van der Waals surface area contributed by atoms with Gasteiger partial charge in [0, 0.05) is 12.2 Å². The first kappa shape index (κ1) is 19.9. The van der Waals surface area contributed by atoms with Crippen molar-refractivity contribution >= 4 is 29.7 Å². The number of halogens is 1. The van der Waals surface area contributed by atoms with Crippen LogP contribution in [0.3, 0.4) is 0 Å². The maximum Gasteiger partial charge on any atom is 0.264 e. The fourth-order valence-electron chi connectivity index (χ4n) is 3.28. The number of hydrogen-bond acceptors (Lipinski definition) is 4. The van der Waals surface area contributed by atoms with Crippen molar-refractivity contribution in [1.82, 2.24) is 15.2 Å². The lowest BCUT2D eigenvalue weighted by molar-refractivity contribution is 0.0646. The molecule has 1 saturated heterocycles. The van der Waals surface area contributed by atoms with E-state index in [0.717, 1.165) is 54.9 Å². The van der Waals surface area contributed by atoms with Crippen LogP contribution in [0.4, 0.5) is 0 Å². The third-order valence-electron chi connectivity index (χ3n) is 4.63. The molecule has 0 aliphatic carbocycles. The summed E-state index contributed by atoms with van der Waals surface area (Å²) in [7, 11) is 0.